The highest BCUT2D eigenvalue weighted by atomic mass is 16.5. The molecule has 0 aliphatic carbocycles. The molecule has 0 spiro atoms. The lowest BCUT2D eigenvalue weighted by Gasteiger charge is -2.33. The standard InChI is InChI=1S/C17H31NO2/c1-7-10-11-12-18-15(19)20-14-16(4,5)13-17(6,8-2)9-3/h2H,7,9-14H2,1,3-6H3,(H,18,19). The minimum atomic E-state index is -0.326. The number of carbonyl (C=O) groups is 1. The van der Waals surface area contributed by atoms with Gasteiger partial charge in [-0.3, -0.25) is 0 Å². The predicted octanol–water partition coefficient (Wildman–Crippen LogP) is 4.37. The molecule has 0 radical (unpaired) electrons. The van der Waals surface area contributed by atoms with E-state index in [0.29, 0.717) is 13.2 Å². The molecule has 1 N–H and O–H groups in total. The van der Waals surface area contributed by atoms with Crippen molar-refractivity contribution in [2.75, 3.05) is 13.2 Å². The smallest absolute Gasteiger partial charge is 0.407 e. The van der Waals surface area contributed by atoms with Gasteiger partial charge in [-0.15, -0.1) is 12.3 Å². The Balaban J connectivity index is 4.09. The molecule has 0 rings (SSSR count). The van der Waals surface area contributed by atoms with Crippen molar-refractivity contribution in [2.45, 2.75) is 66.7 Å². The fourth-order valence-electron chi connectivity index (χ4n) is 2.26. The molecule has 1 atom stereocenters. The molecule has 0 saturated heterocycles. The third-order valence-corrected chi connectivity index (χ3v) is 3.64. The number of nitrogens with one attached hydrogen (secondary N) is 1. The molecular weight excluding hydrogens is 250 g/mol. The summed E-state index contributed by atoms with van der Waals surface area (Å²) in [5.74, 6) is 2.86. The number of hydrogen-bond donors (Lipinski definition) is 1. The van der Waals surface area contributed by atoms with E-state index in [1.54, 1.807) is 0 Å². The molecule has 0 heterocycles. The first-order valence-electron chi connectivity index (χ1n) is 7.67. The molecule has 3 heteroatoms. The highest BCUT2D eigenvalue weighted by Gasteiger charge is 2.30. The van der Waals surface area contributed by atoms with Crippen molar-refractivity contribution in [3.05, 3.63) is 0 Å². The second kappa shape index (κ2) is 8.89. The first-order chi connectivity index (χ1) is 9.28. The van der Waals surface area contributed by atoms with Gasteiger partial charge < -0.3 is 10.1 Å². The Kier molecular flexibility index (Phi) is 8.37. The third-order valence-electron chi connectivity index (χ3n) is 3.64. The van der Waals surface area contributed by atoms with E-state index in [9.17, 15) is 4.79 Å². The first-order valence-corrected chi connectivity index (χ1v) is 7.67. The van der Waals surface area contributed by atoms with Crippen LogP contribution >= 0.6 is 0 Å². The largest absolute Gasteiger partial charge is 0.449 e. The van der Waals surface area contributed by atoms with Crippen LogP contribution in [0.3, 0.4) is 0 Å². The normalized spacial score (nSPS) is 14.2. The molecule has 3 nitrogen and oxygen atoms in total. The first kappa shape index (κ1) is 18.8. The van der Waals surface area contributed by atoms with Gasteiger partial charge in [0.05, 0.1) is 6.61 Å². The molecule has 0 aromatic rings. The third kappa shape index (κ3) is 8.09. The van der Waals surface area contributed by atoms with E-state index in [0.717, 1.165) is 32.1 Å². The lowest BCUT2D eigenvalue weighted by molar-refractivity contribution is 0.0777. The van der Waals surface area contributed by atoms with Gasteiger partial charge in [-0.25, -0.2) is 4.79 Å². The van der Waals surface area contributed by atoms with Gasteiger partial charge >= 0.3 is 6.09 Å². The van der Waals surface area contributed by atoms with Crippen molar-refractivity contribution < 1.29 is 9.53 Å². The fraction of sp³-hybridized carbons (Fsp3) is 0.824. The quantitative estimate of drug-likeness (QED) is 0.503. The molecule has 0 aliphatic rings. The number of carbonyl (C=O) groups excluding carboxylic acids is 1. The Labute approximate surface area is 124 Å². The summed E-state index contributed by atoms with van der Waals surface area (Å²) >= 11 is 0. The molecule has 0 fully saturated rings. The summed E-state index contributed by atoms with van der Waals surface area (Å²) in [5.41, 5.74) is -0.248. The van der Waals surface area contributed by atoms with Crippen LogP contribution in [0, 0.1) is 23.2 Å². The van der Waals surface area contributed by atoms with Crippen LogP contribution in [0.1, 0.15) is 66.7 Å². The summed E-state index contributed by atoms with van der Waals surface area (Å²) in [5, 5.41) is 2.78. The number of rotatable bonds is 9. The van der Waals surface area contributed by atoms with Gasteiger partial charge in [0.2, 0.25) is 0 Å². The van der Waals surface area contributed by atoms with Gasteiger partial charge in [0.1, 0.15) is 0 Å². The average Bonchev–Trinajstić information content (AvgIpc) is 2.41. The number of alkyl carbamates (subject to hydrolysis) is 1. The highest BCUT2D eigenvalue weighted by Crippen LogP contribution is 2.36. The lowest BCUT2D eigenvalue weighted by Crippen LogP contribution is -2.32. The van der Waals surface area contributed by atoms with Gasteiger partial charge in [0.25, 0.3) is 0 Å². The monoisotopic (exact) mass is 281 g/mol. The maximum Gasteiger partial charge on any atom is 0.407 e. The topological polar surface area (TPSA) is 38.3 Å². The summed E-state index contributed by atoms with van der Waals surface area (Å²) in [6.45, 7) is 11.6. The Morgan fingerprint density at radius 2 is 1.90 bits per heavy atom. The summed E-state index contributed by atoms with van der Waals surface area (Å²) in [4.78, 5) is 11.6. The van der Waals surface area contributed by atoms with Gasteiger partial charge in [-0.05, 0) is 26.2 Å². The maximum atomic E-state index is 11.6. The van der Waals surface area contributed by atoms with E-state index in [2.05, 4.69) is 45.9 Å². The Morgan fingerprint density at radius 3 is 2.40 bits per heavy atom. The van der Waals surface area contributed by atoms with Crippen molar-refractivity contribution in [2.24, 2.45) is 10.8 Å². The summed E-state index contributed by atoms with van der Waals surface area (Å²) < 4.78 is 5.30. The van der Waals surface area contributed by atoms with Crippen molar-refractivity contribution in [1.29, 1.82) is 0 Å². The molecule has 0 saturated carbocycles. The van der Waals surface area contributed by atoms with E-state index in [4.69, 9.17) is 11.2 Å². The number of hydrogen-bond acceptors (Lipinski definition) is 2. The highest BCUT2D eigenvalue weighted by molar-refractivity contribution is 5.67. The molecule has 1 amide bonds. The maximum absolute atomic E-state index is 11.6. The zero-order valence-corrected chi connectivity index (χ0v) is 13.8. The van der Waals surface area contributed by atoms with Crippen LogP contribution in [-0.4, -0.2) is 19.2 Å². The van der Waals surface area contributed by atoms with Crippen molar-refractivity contribution in [3.8, 4) is 12.3 Å². The van der Waals surface area contributed by atoms with Crippen LogP contribution < -0.4 is 5.32 Å². The second-order valence-electron chi connectivity index (χ2n) is 6.61. The Hall–Kier alpha value is -1.17. The van der Waals surface area contributed by atoms with E-state index in [1.165, 1.54) is 0 Å². The summed E-state index contributed by atoms with van der Waals surface area (Å²) in [6, 6.07) is 0. The van der Waals surface area contributed by atoms with Crippen molar-refractivity contribution in [3.63, 3.8) is 0 Å². The van der Waals surface area contributed by atoms with Gasteiger partial charge in [-0.1, -0.05) is 40.5 Å². The van der Waals surface area contributed by atoms with Crippen molar-refractivity contribution in [1.82, 2.24) is 5.32 Å². The number of unbranched alkanes of at least 4 members (excludes halogenated alkanes) is 2. The van der Waals surface area contributed by atoms with E-state index in [-0.39, 0.29) is 16.9 Å². The molecule has 1 unspecified atom stereocenters. The van der Waals surface area contributed by atoms with E-state index in [1.807, 2.05) is 0 Å². The fourth-order valence-corrected chi connectivity index (χ4v) is 2.26. The van der Waals surface area contributed by atoms with E-state index < -0.39 is 0 Å². The van der Waals surface area contributed by atoms with Crippen LogP contribution in [0.25, 0.3) is 0 Å². The summed E-state index contributed by atoms with van der Waals surface area (Å²) in [6.07, 6.45) is 10.3. The summed E-state index contributed by atoms with van der Waals surface area (Å²) in [7, 11) is 0. The number of ether oxygens (including phenoxy) is 1. The van der Waals surface area contributed by atoms with Crippen LogP contribution in [-0.2, 0) is 4.74 Å². The van der Waals surface area contributed by atoms with Crippen LogP contribution in [0.5, 0.6) is 0 Å². The van der Waals surface area contributed by atoms with Gasteiger partial charge in [0.15, 0.2) is 0 Å². The second-order valence-corrected chi connectivity index (χ2v) is 6.61. The molecular formula is C17H31NO2. The zero-order chi connectivity index (χ0) is 15.6. The predicted molar refractivity (Wildman–Crippen MR) is 84.5 cm³/mol. The molecule has 116 valence electrons. The molecule has 0 aliphatic heterocycles. The van der Waals surface area contributed by atoms with Gasteiger partial charge in [-0.2, -0.15) is 0 Å². The molecule has 0 aromatic heterocycles. The molecule has 20 heavy (non-hydrogen) atoms. The van der Waals surface area contributed by atoms with E-state index >= 15 is 0 Å². The van der Waals surface area contributed by atoms with Crippen LogP contribution in [0.2, 0.25) is 0 Å². The Morgan fingerprint density at radius 1 is 1.25 bits per heavy atom. The average molecular weight is 281 g/mol. The SMILES string of the molecule is C#CC(C)(CC)CC(C)(C)COC(=O)NCCCCC. The number of terminal acetylenes is 1. The minimum Gasteiger partial charge on any atom is -0.449 e. The van der Waals surface area contributed by atoms with Crippen molar-refractivity contribution >= 4 is 6.09 Å². The zero-order valence-electron chi connectivity index (χ0n) is 13.8. The van der Waals surface area contributed by atoms with Crippen LogP contribution in [0.15, 0.2) is 0 Å². The van der Waals surface area contributed by atoms with Crippen LogP contribution in [0.4, 0.5) is 4.79 Å². The van der Waals surface area contributed by atoms with Gasteiger partial charge in [0, 0.05) is 17.4 Å². The molecule has 0 bridgehead atoms. The minimum absolute atomic E-state index is 0.113. The molecule has 0 aromatic carbocycles. The Bertz CT molecular complexity index is 330. The lowest BCUT2D eigenvalue weighted by atomic mass is 9.73. The number of amides is 1.